The smallest absolute Gasteiger partial charge is 0.382 e. The third kappa shape index (κ3) is 6.76. The Kier molecular flexibility index (Phi) is 8.58. The minimum atomic E-state index is -4.80. The lowest BCUT2D eigenvalue weighted by Crippen LogP contribution is -2.56. The van der Waals surface area contributed by atoms with Crippen LogP contribution in [-0.4, -0.2) is 35.4 Å². The van der Waals surface area contributed by atoms with E-state index in [1.54, 1.807) is 24.3 Å². The molecule has 0 spiro atoms. The predicted molar refractivity (Wildman–Crippen MR) is 84.2 cm³/mol. The van der Waals surface area contributed by atoms with Crippen molar-refractivity contribution in [3.8, 4) is 0 Å². The Morgan fingerprint density at radius 1 is 1.26 bits per heavy atom. The van der Waals surface area contributed by atoms with Gasteiger partial charge in [0.2, 0.25) is 5.91 Å². The maximum absolute atomic E-state index is 12.6. The van der Waals surface area contributed by atoms with Crippen LogP contribution < -0.4 is 11.1 Å². The molecule has 1 aromatic rings. The summed E-state index contributed by atoms with van der Waals surface area (Å²) in [6.45, 7) is 2.98. The second-order valence-electron chi connectivity index (χ2n) is 5.56. The molecule has 1 rings (SSSR count). The molecule has 0 saturated heterocycles. The minimum Gasteiger partial charge on any atom is -0.382 e. The fourth-order valence-electron chi connectivity index (χ4n) is 2.05. The zero-order chi connectivity index (χ0) is 16.9. The molecule has 4 nitrogen and oxygen atoms in total. The van der Waals surface area contributed by atoms with Gasteiger partial charge in [0.05, 0.1) is 12.1 Å². The molecule has 8 heteroatoms. The highest BCUT2D eigenvalue weighted by Gasteiger charge is 2.45. The number of rotatable bonds is 6. The average molecular weight is 355 g/mol. The van der Waals surface area contributed by atoms with Crippen molar-refractivity contribution in [1.29, 1.82) is 0 Å². The Balaban J connectivity index is 0.00000484. The maximum Gasteiger partial charge on any atom is 0.416 e. The molecule has 1 amide bonds. The highest BCUT2D eigenvalue weighted by atomic mass is 35.5. The Hall–Kier alpha value is -1.31. The number of nitrogens with one attached hydrogen (secondary N) is 1. The molecular formula is C15H22ClF3N2O2. The van der Waals surface area contributed by atoms with E-state index in [0.717, 1.165) is 5.56 Å². The van der Waals surface area contributed by atoms with Gasteiger partial charge in [-0.1, -0.05) is 44.2 Å². The average Bonchev–Trinajstić information content (AvgIpc) is 2.43. The summed E-state index contributed by atoms with van der Waals surface area (Å²) in [7, 11) is 0. The van der Waals surface area contributed by atoms with Gasteiger partial charge >= 0.3 is 6.18 Å². The van der Waals surface area contributed by atoms with Gasteiger partial charge in [0.25, 0.3) is 0 Å². The van der Waals surface area contributed by atoms with Crippen molar-refractivity contribution in [3.05, 3.63) is 35.9 Å². The molecule has 0 saturated carbocycles. The van der Waals surface area contributed by atoms with Crippen LogP contribution >= 0.6 is 12.4 Å². The van der Waals surface area contributed by atoms with Gasteiger partial charge in [0, 0.05) is 0 Å². The molecule has 0 aliphatic carbocycles. The molecule has 0 radical (unpaired) electrons. The van der Waals surface area contributed by atoms with E-state index in [1.807, 2.05) is 6.07 Å². The van der Waals surface area contributed by atoms with Crippen LogP contribution in [0.5, 0.6) is 0 Å². The molecule has 0 fully saturated rings. The van der Waals surface area contributed by atoms with Crippen molar-refractivity contribution in [1.82, 2.24) is 5.32 Å². The first-order valence-electron chi connectivity index (χ1n) is 6.97. The van der Waals surface area contributed by atoms with Gasteiger partial charge in [-0.2, -0.15) is 13.2 Å². The van der Waals surface area contributed by atoms with Crippen molar-refractivity contribution in [3.63, 3.8) is 0 Å². The summed E-state index contributed by atoms with van der Waals surface area (Å²) in [5, 5.41) is 11.6. The van der Waals surface area contributed by atoms with Gasteiger partial charge in [-0.25, -0.2) is 0 Å². The third-order valence-corrected chi connectivity index (χ3v) is 3.34. The monoisotopic (exact) mass is 354 g/mol. The topological polar surface area (TPSA) is 75.4 Å². The third-order valence-electron chi connectivity index (χ3n) is 3.34. The number of aliphatic hydroxyl groups is 1. The van der Waals surface area contributed by atoms with Crippen LogP contribution in [0, 0.1) is 5.92 Å². The van der Waals surface area contributed by atoms with Crippen molar-refractivity contribution in [2.45, 2.75) is 44.6 Å². The molecule has 132 valence electrons. The number of hydrogen-bond acceptors (Lipinski definition) is 3. The van der Waals surface area contributed by atoms with Crippen LogP contribution in [0.1, 0.15) is 19.4 Å². The van der Waals surface area contributed by atoms with Gasteiger partial charge in [-0.15, -0.1) is 12.4 Å². The molecule has 23 heavy (non-hydrogen) atoms. The Bertz CT molecular complexity index is 483. The largest absolute Gasteiger partial charge is 0.416 e. The normalized spacial score (nSPS) is 15.5. The molecule has 0 aliphatic rings. The molecule has 3 atom stereocenters. The van der Waals surface area contributed by atoms with E-state index in [9.17, 15) is 23.1 Å². The van der Waals surface area contributed by atoms with Crippen LogP contribution in [0.3, 0.4) is 0 Å². The molecular weight excluding hydrogens is 333 g/mol. The summed E-state index contributed by atoms with van der Waals surface area (Å²) < 4.78 is 37.9. The Morgan fingerprint density at radius 3 is 2.22 bits per heavy atom. The quantitative estimate of drug-likeness (QED) is 0.731. The fourth-order valence-corrected chi connectivity index (χ4v) is 2.05. The minimum absolute atomic E-state index is 0. The van der Waals surface area contributed by atoms with Gasteiger partial charge in [0.15, 0.2) is 6.10 Å². The van der Waals surface area contributed by atoms with E-state index in [1.165, 1.54) is 13.8 Å². The van der Waals surface area contributed by atoms with Gasteiger partial charge < -0.3 is 16.2 Å². The highest BCUT2D eigenvalue weighted by Crippen LogP contribution is 2.25. The molecule has 0 aromatic heterocycles. The second-order valence-corrected chi connectivity index (χ2v) is 5.56. The van der Waals surface area contributed by atoms with Gasteiger partial charge in [-0.05, 0) is 17.9 Å². The standard InChI is InChI=1S/C15H21F3N2O2.ClH/c1-9(2)12(13(21)15(16,17)18)20-14(22)11(19)8-10-6-4-3-5-7-10;/h3-7,9,11-13,21H,8,19H2,1-2H3,(H,20,22);1H. The van der Waals surface area contributed by atoms with Crippen LogP contribution in [0.25, 0.3) is 0 Å². The van der Waals surface area contributed by atoms with Crippen LogP contribution in [0.4, 0.5) is 13.2 Å². The lowest BCUT2D eigenvalue weighted by atomic mass is 9.97. The number of carbonyl (C=O) groups excluding carboxylic acids is 1. The second kappa shape index (κ2) is 9.10. The van der Waals surface area contributed by atoms with Crippen molar-refractivity contribution in [2.75, 3.05) is 0 Å². The summed E-state index contributed by atoms with van der Waals surface area (Å²) in [5.41, 5.74) is 6.54. The summed E-state index contributed by atoms with van der Waals surface area (Å²) in [6, 6.07) is 6.51. The predicted octanol–water partition coefficient (Wildman–Crippen LogP) is 2.04. The number of nitrogens with two attached hydrogens (primary N) is 1. The number of alkyl halides is 3. The summed E-state index contributed by atoms with van der Waals surface area (Å²) in [6.07, 6.45) is -7.22. The zero-order valence-corrected chi connectivity index (χ0v) is 13.7. The van der Waals surface area contributed by atoms with E-state index in [-0.39, 0.29) is 18.8 Å². The Morgan fingerprint density at radius 2 is 1.78 bits per heavy atom. The van der Waals surface area contributed by atoms with Gasteiger partial charge in [0.1, 0.15) is 0 Å². The van der Waals surface area contributed by atoms with Crippen LogP contribution in [0.15, 0.2) is 30.3 Å². The zero-order valence-electron chi connectivity index (χ0n) is 12.9. The number of carbonyl (C=O) groups is 1. The number of hydrogen-bond donors (Lipinski definition) is 3. The number of aliphatic hydroxyl groups excluding tert-OH is 1. The van der Waals surface area contributed by atoms with E-state index in [2.05, 4.69) is 5.32 Å². The SMILES string of the molecule is CC(C)C(NC(=O)C(N)Cc1ccccc1)C(O)C(F)(F)F.Cl. The van der Waals surface area contributed by atoms with Crippen LogP contribution in [0.2, 0.25) is 0 Å². The van der Waals surface area contributed by atoms with E-state index < -0.39 is 36.2 Å². The molecule has 1 aromatic carbocycles. The maximum atomic E-state index is 12.6. The van der Waals surface area contributed by atoms with E-state index in [0.29, 0.717) is 0 Å². The molecule has 0 aliphatic heterocycles. The number of halogens is 4. The summed E-state index contributed by atoms with van der Waals surface area (Å²) in [4.78, 5) is 12.0. The Labute approximate surface area is 139 Å². The van der Waals surface area contributed by atoms with Gasteiger partial charge in [-0.3, -0.25) is 4.79 Å². The van der Waals surface area contributed by atoms with Crippen molar-refractivity contribution in [2.24, 2.45) is 11.7 Å². The van der Waals surface area contributed by atoms with Crippen molar-refractivity contribution < 1.29 is 23.1 Å². The summed E-state index contributed by atoms with van der Waals surface area (Å²) in [5.74, 6) is -1.31. The molecule has 0 bridgehead atoms. The van der Waals surface area contributed by atoms with E-state index >= 15 is 0 Å². The number of amides is 1. The first-order chi connectivity index (χ1) is 10.1. The first-order valence-corrected chi connectivity index (χ1v) is 6.97. The molecule has 4 N–H and O–H groups in total. The van der Waals surface area contributed by atoms with Crippen LogP contribution in [-0.2, 0) is 11.2 Å². The fraction of sp³-hybridized carbons (Fsp3) is 0.533. The molecule has 0 heterocycles. The lowest BCUT2D eigenvalue weighted by molar-refractivity contribution is -0.215. The van der Waals surface area contributed by atoms with E-state index in [4.69, 9.17) is 5.73 Å². The summed E-state index contributed by atoms with van der Waals surface area (Å²) >= 11 is 0. The molecule has 3 unspecified atom stereocenters. The lowest BCUT2D eigenvalue weighted by Gasteiger charge is -2.29. The number of benzene rings is 1. The highest BCUT2D eigenvalue weighted by molar-refractivity contribution is 5.85. The van der Waals surface area contributed by atoms with Crippen molar-refractivity contribution >= 4 is 18.3 Å². The first kappa shape index (κ1) is 21.7.